The topological polar surface area (TPSA) is 49.4 Å². The number of benzene rings is 2. The first-order valence-electron chi connectivity index (χ1n) is 7.91. The summed E-state index contributed by atoms with van der Waals surface area (Å²) in [5.74, 6) is -0.396. The fourth-order valence-electron chi connectivity index (χ4n) is 2.86. The lowest BCUT2D eigenvalue weighted by Gasteiger charge is -2.26. The number of nitrogens with zero attached hydrogens (tertiary/aromatic N) is 1. The molecule has 2 amide bonds. The first-order valence-corrected chi connectivity index (χ1v) is 7.91. The lowest BCUT2D eigenvalue weighted by Crippen LogP contribution is -2.30. The van der Waals surface area contributed by atoms with E-state index in [0.717, 1.165) is 16.8 Å². The van der Waals surface area contributed by atoms with Crippen LogP contribution in [0.3, 0.4) is 0 Å². The van der Waals surface area contributed by atoms with Gasteiger partial charge in [-0.25, -0.2) is 4.39 Å². The van der Waals surface area contributed by atoms with E-state index in [4.69, 9.17) is 0 Å². The van der Waals surface area contributed by atoms with Gasteiger partial charge < -0.3 is 10.2 Å². The van der Waals surface area contributed by atoms with Crippen molar-refractivity contribution in [2.75, 3.05) is 12.4 Å². The maximum Gasteiger partial charge on any atom is 0.254 e. The number of nitrogens with one attached hydrogen (secondary N) is 1. The fraction of sp³-hybridized carbons (Fsp3) is 0.263. The van der Waals surface area contributed by atoms with Crippen molar-refractivity contribution in [3.05, 3.63) is 65.0 Å². The monoisotopic (exact) mass is 326 g/mol. The number of carbonyl (C=O) groups is 2. The molecule has 24 heavy (non-hydrogen) atoms. The van der Waals surface area contributed by atoms with E-state index in [-0.39, 0.29) is 23.7 Å². The van der Waals surface area contributed by atoms with Gasteiger partial charge in [0.2, 0.25) is 5.91 Å². The Morgan fingerprint density at radius 3 is 2.58 bits per heavy atom. The van der Waals surface area contributed by atoms with E-state index in [1.54, 1.807) is 36.2 Å². The van der Waals surface area contributed by atoms with Crippen molar-refractivity contribution in [3.8, 4) is 0 Å². The van der Waals surface area contributed by atoms with Crippen LogP contribution in [0.1, 0.15) is 40.9 Å². The van der Waals surface area contributed by atoms with Gasteiger partial charge in [0.15, 0.2) is 0 Å². The molecule has 2 aromatic carbocycles. The molecule has 1 atom stereocenters. The number of anilines is 1. The van der Waals surface area contributed by atoms with Gasteiger partial charge in [0, 0.05) is 24.7 Å². The largest absolute Gasteiger partial charge is 0.335 e. The van der Waals surface area contributed by atoms with Crippen LogP contribution in [0.5, 0.6) is 0 Å². The van der Waals surface area contributed by atoms with Crippen LogP contribution in [-0.2, 0) is 11.2 Å². The third kappa shape index (κ3) is 3.15. The number of aryl methyl sites for hydroxylation is 1. The molecule has 0 radical (unpaired) electrons. The molecule has 124 valence electrons. The molecule has 0 saturated carbocycles. The number of amides is 2. The number of hydrogen-bond donors (Lipinski definition) is 1. The zero-order chi connectivity index (χ0) is 17.3. The number of halogens is 1. The fourth-order valence-corrected chi connectivity index (χ4v) is 2.86. The van der Waals surface area contributed by atoms with Crippen LogP contribution in [-0.4, -0.2) is 23.8 Å². The Hall–Kier alpha value is -2.69. The molecular weight excluding hydrogens is 307 g/mol. The summed E-state index contributed by atoms with van der Waals surface area (Å²) in [6.45, 7) is 1.91. The van der Waals surface area contributed by atoms with Crippen molar-refractivity contribution in [3.63, 3.8) is 0 Å². The van der Waals surface area contributed by atoms with Crippen molar-refractivity contribution >= 4 is 17.5 Å². The molecule has 1 N–H and O–H groups in total. The lowest BCUT2D eigenvalue weighted by molar-refractivity contribution is -0.116. The summed E-state index contributed by atoms with van der Waals surface area (Å²) in [6, 6.07) is 11.3. The van der Waals surface area contributed by atoms with E-state index < -0.39 is 0 Å². The normalized spacial score (nSPS) is 14.5. The molecule has 0 aromatic heterocycles. The van der Waals surface area contributed by atoms with Gasteiger partial charge in [-0.05, 0) is 54.8 Å². The maximum absolute atomic E-state index is 13.1. The molecule has 1 aliphatic heterocycles. The van der Waals surface area contributed by atoms with Gasteiger partial charge in [0.1, 0.15) is 5.82 Å². The second-order valence-corrected chi connectivity index (χ2v) is 6.06. The number of rotatable bonds is 3. The summed E-state index contributed by atoms with van der Waals surface area (Å²) in [4.78, 5) is 25.8. The molecule has 0 saturated heterocycles. The van der Waals surface area contributed by atoms with Crippen molar-refractivity contribution < 1.29 is 14.0 Å². The quantitative estimate of drug-likeness (QED) is 0.938. The number of fused-ring (bicyclic) bond motifs is 1. The average molecular weight is 326 g/mol. The van der Waals surface area contributed by atoms with Gasteiger partial charge in [-0.3, -0.25) is 9.59 Å². The molecule has 1 heterocycles. The van der Waals surface area contributed by atoms with Crippen LogP contribution in [0, 0.1) is 5.82 Å². The van der Waals surface area contributed by atoms with Gasteiger partial charge in [-0.2, -0.15) is 0 Å². The Balaban J connectivity index is 1.80. The molecule has 0 bridgehead atoms. The highest BCUT2D eigenvalue weighted by molar-refractivity contribution is 5.98. The summed E-state index contributed by atoms with van der Waals surface area (Å²) < 4.78 is 13.1. The summed E-state index contributed by atoms with van der Waals surface area (Å²) in [7, 11) is 1.73. The SMILES string of the molecule is CC(c1ccc(F)cc1)N(C)C(=O)c1ccc2c(c1)CCC(=O)N2. The van der Waals surface area contributed by atoms with Gasteiger partial charge in [-0.1, -0.05) is 12.1 Å². The van der Waals surface area contributed by atoms with E-state index in [0.29, 0.717) is 18.4 Å². The first-order chi connectivity index (χ1) is 11.5. The number of carbonyl (C=O) groups excluding carboxylic acids is 2. The molecular formula is C19H19FN2O2. The highest BCUT2D eigenvalue weighted by Gasteiger charge is 2.21. The maximum atomic E-state index is 13.1. The van der Waals surface area contributed by atoms with E-state index in [2.05, 4.69) is 5.32 Å². The minimum Gasteiger partial charge on any atom is -0.335 e. The van der Waals surface area contributed by atoms with Crippen molar-refractivity contribution in [2.45, 2.75) is 25.8 Å². The van der Waals surface area contributed by atoms with Crippen molar-refractivity contribution in [1.29, 1.82) is 0 Å². The van der Waals surface area contributed by atoms with Crippen LogP contribution in [0.2, 0.25) is 0 Å². The third-order valence-corrected chi connectivity index (χ3v) is 4.50. The molecule has 0 spiro atoms. The lowest BCUT2D eigenvalue weighted by atomic mass is 9.99. The predicted octanol–water partition coefficient (Wildman–Crippen LogP) is 3.54. The van der Waals surface area contributed by atoms with E-state index >= 15 is 0 Å². The molecule has 3 rings (SSSR count). The second kappa shape index (κ2) is 6.43. The highest BCUT2D eigenvalue weighted by Crippen LogP contribution is 2.26. The average Bonchev–Trinajstić information content (AvgIpc) is 2.60. The second-order valence-electron chi connectivity index (χ2n) is 6.06. The summed E-state index contributed by atoms with van der Waals surface area (Å²) in [6.07, 6.45) is 1.08. The van der Waals surface area contributed by atoms with Crippen LogP contribution >= 0.6 is 0 Å². The molecule has 1 unspecified atom stereocenters. The number of hydrogen-bond acceptors (Lipinski definition) is 2. The van der Waals surface area contributed by atoms with Gasteiger partial charge >= 0.3 is 0 Å². The summed E-state index contributed by atoms with van der Waals surface area (Å²) in [5, 5.41) is 2.81. The first kappa shape index (κ1) is 16.2. The Labute approximate surface area is 140 Å². The molecule has 0 fully saturated rings. The van der Waals surface area contributed by atoms with E-state index in [1.807, 2.05) is 13.0 Å². The predicted molar refractivity (Wildman–Crippen MR) is 90.3 cm³/mol. The van der Waals surface area contributed by atoms with Crippen molar-refractivity contribution in [1.82, 2.24) is 4.90 Å². The minimum atomic E-state index is -0.295. The van der Waals surface area contributed by atoms with E-state index in [1.165, 1.54) is 12.1 Å². The smallest absolute Gasteiger partial charge is 0.254 e. The van der Waals surface area contributed by atoms with Gasteiger partial charge in [0.05, 0.1) is 6.04 Å². The molecule has 4 nitrogen and oxygen atoms in total. The molecule has 2 aromatic rings. The van der Waals surface area contributed by atoms with E-state index in [9.17, 15) is 14.0 Å². The minimum absolute atomic E-state index is 0.00336. The van der Waals surface area contributed by atoms with Gasteiger partial charge in [0.25, 0.3) is 5.91 Å². The summed E-state index contributed by atoms with van der Waals surface area (Å²) in [5.41, 5.74) is 3.21. The van der Waals surface area contributed by atoms with Crippen LogP contribution in [0.4, 0.5) is 10.1 Å². The summed E-state index contributed by atoms with van der Waals surface area (Å²) >= 11 is 0. The molecule has 1 aliphatic rings. The Morgan fingerprint density at radius 1 is 1.17 bits per heavy atom. The zero-order valence-corrected chi connectivity index (χ0v) is 13.7. The highest BCUT2D eigenvalue weighted by atomic mass is 19.1. The molecule has 5 heteroatoms. The Morgan fingerprint density at radius 2 is 1.88 bits per heavy atom. The van der Waals surface area contributed by atoms with Crippen molar-refractivity contribution in [2.24, 2.45) is 0 Å². The van der Waals surface area contributed by atoms with Crippen LogP contribution in [0.25, 0.3) is 0 Å². The van der Waals surface area contributed by atoms with Crippen LogP contribution < -0.4 is 5.32 Å². The Bertz CT molecular complexity index is 786. The standard InChI is InChI=1S/C19H19FN2O2/c1-12(13-3-7-16(20)8-4-13)22(2)19(24)15-5-9-17-14(11-15)6-10-18(23)21-17/h3-5,7-9,11-12H,6,10H2,1-2H3,(H,21,23). The zero-order valence-electron chi connectivity index (χ0n) is 13.7. The van der Waals surface area contributed by atoms with Crippen LogP contribution in [0.15, 0.2) is 42.5 Å². The third-order valence-electron chi connectivity index (χ3n) is 4.50. The van der Waals surface area contributed by atoms with Gasteiger partial charge in [-0.15, -0.1) is 0 Å². The Kier molecular flexibility index (Phi) is 4.34. The molecule has 0 aliphatic carbocycles.